The minimum absolute atomic E-state index is 0.202. The molecule has 0 aromatic heterocycles. The van der Waals surface area contributed by atoms with Crippen molar-refractivity contribution in [1.29, 1.82) is 0 Å². The molecule has 0 saturated carbocycles. The van der Waals surface area contributed by atoms with Crippen molar-refractivity contribution >= 4 is 17.6 Å². The lowest BCUT2D eigenvalue weighted by Crippen LogP contribution is -2.63. The summed E-state index contributed by atoms with van der Waals surface area (Å²) in [5.41, 5.74) is 5.60. The number of likely N-dealkylation sites (N-methyl/N-ethyl adjacent to an activating group) is 1. The van der Waals surface area contributed by atoms with E-state index in [4.69, 9.17) is 29.8 Å². The van der Waals surface area contributed by atoms with Crippen LogP contribution in [0.3, 0.4) is 0 Å². The van der Waals surface area contributed by atoms with Crippen LogP contribution in [-0.4, -0.2) is 123 Å². The Morgan fingerprint density at radius 2 is 1.72 bits per heavy atom. The fourth-order valence-electron chi connectivity index (χ4n) is 4.09. The molecule has 1 aromatic carbocycles. The highest BCUT2D eigenvalue weighted by Gasteiger charge is 2.49. The van der Waals surface area contributed by atoms with Gasteiger partial charge in [-0.05, 0) is 25.2 Å². The van der Waals surface area contributed by atoms with E-state index in [9.17, 15) is 40.2 Å². The van der Waals surface area contributed by atoms with Gasteiger partial charge in [-0.1, -0.05) is 0 Å². The van der Waals surface area contributed by atoms with Crippen molar-refractivity contribution in [2.45, 2.75) is 55.2 Å². The Kier molecular flexibility index (Phi) is 9.04. The molecule has 2 heterocycles. The highest BCUT2D eigenvalue weighted by Crippen LogP contribution is 2.29. The summed E-state index contributed by atoms with van der Waals surface area (Å²) in [5.74, 6) is -3.89. The van der Waals surface area contributed by atoms with Gasteiger partial charge in [-0.25, -0.2) is 9.59 Å². The van der Waals surface area contributed by atoms with Crippen LogP contribution >= 0.6 is 0 Å². The summed E-state index contributed by atoms with van der Waals surface area (Å²) in [5, 5.41) is 72.9. The number of phenols is 1. The first-order valence-electron chi connectivity index (χ1n) is 10.9. The third-order valence-electron chi connectivity index (χ3n) is 6.12. The number of carboxylic acids is 1. The molecule has 15 heteroatoms. The quantitative estimate of drug-likeness (QED) is 0.0913. The van der Waals surface area contributed by atoms with Crippen LogP contribution in [0.2, 0.25) is 0 Å². The minimum atomic E-state index is -1.91. The summed E-state index contributed by atoms with van der Waals surface area (Å²) in [6.45, 7) is -0.975. The lowest BCUT2D eigenvalue weighted by atomic mass is 9.87. The molecule has 2 aliphatic rings. The number of aliphatic carboxylic acids is 1. The van der Waals surface area contributed by atoms with E-state index < -0.39 is 86.3 Å². The maximum Gasteiger partial charge on any atom is 0.342 e. The average Bonchev–Trinajstić information content (AvgIpc) is 2.83. The third kappa shape index (κ3) is 5.86. The van der Waals surface area contributed by atoms with Gasteiger partial charge in [0.15, 0.2) is 18.7 Å². The zero-order chi connectivity index (χ0) is 26.7. The second-order valence-electron chi connectivity index (χ2n) is 8.48. The number of nitrogen functional groups attached to an aromatic ring is 1. The first-order chi connectivity index (χ1) is 17.0. The van der Waals surface area contributed by atoms with Crippen molar-refractivity contribution in [2.75, 3.05) is 26.0 Å². The van der Waals surface area contributed by atoms with Crippen molar-refractivity contribution < 1.29 is 64.3 Å². The SMILES string of the molecule is CNC1[C@H](O)OC(COC(=O)c2cc(N)ccc2O)[C@@H](O)[C@H]1CO[C@@H]1OC(C(=O)O)[C@@H](O)[C@@H](O)C1O. The highest BCUT2D eigenvalue weighted by atomic mass is 16.7. The lowest BCUT2D eigenvalue weighted by molar-refractivity contribution is -0.305. The van der Waals surface area contributed by atoms with E-state index in [1.54, 1.807) is 0 Å². The first kappa shape index (κ1) is 28.0. The standard InChI is InChI=1S/C21H30N2O13/c1-23-12-9(5-34-21-16(28)14(26)15(27)17(36-21)18(29)30)13(25)11(35-20(12)32)6-33-19(31)8-4-7(22)2-3-10(8)24/h2-4,9,11-17,20-21,23-28,32H,5-6,22H2,1H3,(H,29,30)/t9-,11?,12?,13-,14+,15-,16?,17?,20+,21+/m0/s1. The van der Waals surface area contributed by atoms with Gasteiger partial charge in [-0.3, -0.25) is 0 Å². The van der Waals surface area contributed by atoms with Crippen molar-refractivity contribution in [2.24, 2.45) is 5.92 Å². The van der Waals surface area contributed by atoms with Gasteiger partial charge >= 0.3 is 11.9 Å². The summed E-state index contributed by atoms with van der Waals surface area (Å²) >= 11 is 0. The lowest BCUT2D eigenvalue weighted by Gasteiger charge is -2.44. The predicted molar refractivity (Wildman–Crippen MR) is 116 cm³/mol. The van der Waals surface area contributed by atoms with Gasteiger partial charge in [-0.15, -0.1) is 0 Å². The maximum absolute atomic E-state index is 12.4. The predicted octanol–water partition coefficient (Wildman–Crippen LogP) is -3.68. The molecule has 0 aliphatic carbocycles. The molecule has 0 spiro atoms. The van der Waals surface area contributed by atoms with Gasteiger partial charge in [0.05, 0.1) is 18.8 Å². The number of carbonyl (C=O) groups excluding carboxylic acids is 1. The van der Waals surface area contributed by atoms with E-state index in [0.29, 0.717) is 0 Å². The fraction of sp³-hybridized carbons (Fsp3) is 0.619. The van der Waals surface area contributed by atoms with Crippen molar-refractivity contribution in [3.05, 3.63) is 23.8 Å². The molecule has 3 rings (SSSR count). The number of carboxylic acid groups (broad SMARTS) is 1. The monoisotopic (exact) mass is 518 g/mol. The second-order valence-corrected chi connectivity index (χ2v) is 8.48. The van der Waals surface area contributed by atoms with Crippen LogP contribution in [0.1, 0.15) is 10.4 Å². The smallest absolute Gasteiger partial charge is 0.342 e. The molecular weight excluding hydrogens is 488 g/mol. The van der Waals surface area contributed by atoms with Gasteiger partial charge in [0.25, 0.3) is 0 Å². The van der Waals surface area contributed by atoms with E-state index in [1.807, 2.05) is 0 Å². The van der Waals surface area contributed by atoms with Crippen LogP contribution in [0.4, 0.5) is 5.69 Å². The summed E-state index contributed by atoms with van der Waals surface area (Å²) in [7, 11) is 1.46. The van der Waals surface area contributed by atoms with E-state index in [1.165, 1.54) is 25.2 Å². The number of anilines is 1. The topological polar surface area (TPSA) is 251 Å². The van der Waals surface area contributed by atoms with Gasteiger partial charge in [0.2, 0.25) is 0 Å². The Labute approximate surface area is 204 Å². The van der Waals surface area contributed by atoms with Crippen LogP contribution in [0.25, 0.3) is 0 Å². The Balaban J connectivity index is 1.67. The van der Waals surface area contributed by atoms with Crippen molar-refractivity contribution in [3.8, 4) is 5.75 Å². The zero-order valence-electron chi connectivity index (χ0n) is 19.1. The highest BCUT2D eigenvalue weighted by molar-refractivity contribution is 5.93. The Hall–Kier alpha value is -2.60. The van der Waals surface area contributed by atoms with E-state index >= 15 is 0 Å². The molecule has 1 aromatic rings. The summed E-state index contributed by atoms with van der Waals surface area (Å²) in [6.07, 6.45) is -13.3. The molecule has 36 heavy (non-hydrogen) atoms. The van der Waals surface area contributed by atoms with E-state index in [0.717, 1.165) is 0 Å². The van der Waals surface area contributed by atoms with E-state index in [-0.39, 0.29) is 17.0 Å². The van der Waals surface area contributed by atoms with Crippen LogP contribution < -0.4 is 11.1 Å². The summed E-state index contributed by atoms with van der Waals surface area (Å²) in [4.78, 5) is 23.6. The Morgan fingerprint density at radius 3 is 2.36 bits per heavy atom. The molecule has 15 nitrogen and oxygen atoms in total. The van der Waals surface area contributed by atoms with E-state index in [2.05, 4.69) is 5.32 Å². The molecule has 2 fully saturated rings. The number of hydrogen-bond donors (Lipinski definition) is 9. The number of esters is 1. The third-order valence-corrected chi connectivity index (χ3v) is 6.12. The number of carbonyl (C=O) groups is 2. The van der Waals surface area contributed by atoms with Gasteiger partial charge < -0.3 is 65.7 Å². The maximum atomic E-state index is 12.4. The number of nitrogens with one attached hydrogen (secondary N) is 1. The molecule has 0 radical (unpaired) electrons. The number of ether oxygens (including phenoxy) is 4. The normalized spacial score (nSPS) is 36.8. The number of phenolic OH excluding ortho intramolecular Hbond substituents is 1. The number of aromatic hydroxyl groups is 1. The van der Waals surface area contributed by atoms with Gasteiger partial charge in [0.1, 0.15) is 42.3 Å². The largest absolute Gasteiger partial charge is 0.507 e. The van der Waals surface area contributed by atoms with Crippen LogP contribution in [0.15, 0.2) is 18.2 Å². The Morgan fingerprint density at radius 1 is 1.03 bits per heavy atom. The number of hydrogen-bond acceptors (Lipinski definition) is 14. The number of aliphatic hydroxyl groups excluding tert-OH is 5. The molecule has 10 atom stereocenters. The molecule has 4 unspecified atom stereocenters. The number of nitrogens with two attached hydrogens (primary N) is 1. The number of benzene rings is 1. The molecule has 0 amide bonds. The van der Waals surface area contributed by atoms with Crippen molar-refractivity contribution in [1.82, 2.24) is 5.32 Å². The fourth-order valence-corrected chi connectivity index (χ4v) is 4.09. The molecule has 2 aliphatic heterocycles. The molecular formula is C21H30N2O13. The van der Waals surface area contributed by atoms with Gasteiger partial charge in [0, 0.05) is 11.6 Å². The van der Waals surface area contributed by atoms with Crippen LogP contribution in [-0.2, 0) is 23.7 Å². The second kappa shape index (κ2) is 11.6. The summed E-state index contributed by atoms with van der Waals surface area (Å²) in [6, 6.07) is 2.86. The summed E-state index contributed by atoms with van der Waals surface area (Å²) < 4.78 is 21.0. The minimum Gasteiger partial charge on any atom is -0.507 e. The van der Waals surface area contributed by atoms with Crippen LogP contribution in [0, 0.1) is 5.92 Å². The zero-order valence-corrected chi connectivity index (χ0v) is 19.1. The van der Waals surface area contributed by atoms with Gasteiger partial charge in [-0.2, -0.15) is 0 Å². The first-order valence-corrected chi connectivity index (χ1v) is 10.9. The average molecular weight is 518 g/mol. The van der Waals surface area contributed by atoms with Crippen LogP contribution in [0.5, 0.6) is 5.75 Å². The number of aliphatic hydroxyl groups is 5. The molecule has 202 valence electrons. The molecule has 10 N–H and O–H groups in total. The molecule has 2 saturated heterocycles. The number of rotatable bonds is 8. The Bertz CT molecular complexity index is 933. The van der Waals surface area contributed by atoms with Crippen molar-refractivity contribution in [3.63, 3.8) is 0 Å². The molecule has 0 bridgehead atoms.